The molecule has 1 amide bonds. The van der Waals surface area contributed by atoms with Gasteiger partial charge in [-0.1, -0.05) is 12.1 Å². The smallest absolute Gasteiger partial charge is 0.398 e. The van der Waals surface area contributed by atoms with Crippen molar-refractivity contribution in [2.24, 2.45) is 0 Å². The van der Waals surface area contributed by atoms with Gasteiger partial charge in [0.05, 0.1) is 5.56 Å². The third-order valence-electron chi connectivity index (χ3n) is 3.07. The van der Waals surface area contributed by atoms with Crippen LogP contribution in [0, 0.1) is 6.92 Å². The van der Waals surface area contributed by atoms with E-state index >= 15 is 0 Å². The first-order chi connectivity index (χ1) is 9.79. The van der Waals surface area contributed by atoms with Gasteiger partial charge >= 0.3 is 6.18 Å². The van der Waals surface area contributed by atoms with Crippen LogP contribution < -0.4 is 11.1 Å². The Morgan fingerprint density at radius 1 is 1.14 bits per heavy atom. The van der Waals surface area contributed by atoms with E-state index in [0.717, 1.165) is 12.1 Å². The fraction of sp³-hybridized carbons (Fsp3) is 0.133. The van der Waals surface area contributed by atoms with Crippen LogP contribution in [0.3, 0.4) is 0 Å². The molecule has 0 heterocycles. The molecule has 3 nitrogen and oxygen atoms in total. The quantitative estimate of drug-likeness (QED) is 0.827. The fourth-order valence-corrected chi connectivity index (χ4v) is 1.87. The Labute approximate surface area is 119 Å². The van der Waals surface area contributed by atoms with Crippen molar-refractivity contribution in [3.63, 3.8) is 0 Å². The third kappa shape index (κ3) is 3.34. The van der Waals surface area contributed by atoms with Gasteiger partial charge in [-0.05, 0) is 42.8 Å². The molecule has 3 N–H and O–H groups in total. The number of rotatable bonds is 2. The Balaban J connectivity index is 2.26. The number of hydrogen-bond acceptors (Lipinski definition) is 2. The summed E-state index contributed by atoms with van der Waals surface area (Å²) in [6, 6.07) is 9.30. The predicted octanol–water partition coefficient (Wildman–Crippen LogP) is 3.85. The summed E-state index contributed by atoms with van der Waals surface area (Å²) in [4.78, 5) is 12.1. The SMILES string of the molecule is Cc1c(N)cccc1C(=O)Nc1cccc(C(F)(F)F)c1. The number of benzene rings is 2. The van der Waals surface area contributed by atoms with Crippen molar-refractivity contribution in [1.82, 2.24) is 0 Å². The van der Waals surface area contributed by atoms with Crippen molar-refractivity contribution in [1.29, 1.82) is 0 Å². The Morgan fingerprint density at radius 2 is 1.81 bits per heavy atom. The highest BCUT2D eigenvalue weighted by Crippen LogP contribution is 2.30. The Hall–Kier alpha value is -2.50. The number of hydrogen-bond donors (Lipinski definition) is 2. The Kier molecular flexibility index (Phi) is 3.88. The van der Waals surface area contributed by atoms with E-state index in [1.54, 1.807) is 25.1 Å². The number of carbonyl (C=O) groups excluding carboxylic acids is 1. The van der Waals surface area contributed by atoms with E-state index in [2.05, 4.69) is 5.32 Å². The zero-order chi connectivity index (χ0) is 15.6. The van der Waals surface area contributed by atoms with Crippen molar-refractivity contribution >= 4 is 17.3 Å². The standard InChI is InChI=1S/C15H13F3N2O/c1-9-12(6-3-7-13(9)19)14(21)20-11-5-2-4-10(8-11)15(16,17)18/h2-8H,19H2,1H3,(H,20,21). The highest BCUT2D eigenvalue weighted by atomic mass is 19.4. The van der Waals surface area contributed by atoms with Gasteiger partial charge < -0.3 is 11.1 Å². The maximum Gasteiger partial charge on any atom is 0.416 e. The van der Waals surface area contributed by atoms with Gasteiger partial charge in [0.15, 0.2) is 0 Å². The van der Waals surface area contributed by atoms with Gasteiger partial charge in [0, 0.05) is 16.9 Å². The van der Waals surface area contributed by atoms with E-state index in [4.69, 9.17) is 5.73 Å². The molecule has 0 aliphatic rings. The van der Waals surface area contributed by atoms with Crippen LogP contribution in [0.4, 0.5) is 24.5 Å². The molecule has 0 aliphatic heterocycles. The number of nitrogens with one attached hydrogen (secondary N) is 1. The molecule has 0 bridgehead atoms. The molecule has 0 atom stereocenters. The van der Waals surface area contributed by atoms with E-state index in [0.29, 0.717) is 16.8 Å². The lowest BCUT2D eigenvalue weighted by Crippen LogP contribution is -2.15. The third-order valence-corrected chi connectivity index (χ3v) is 3.07. The minimum atomic E-state index is -4.45. The number of nitrogens with two attached hydrogens (primary N) is 1. The lowest BCUT2D eigenvalue weighted by atomic mass is 10.1. The molecule has 21 heavy (non-hydrogen) atoms. The summed E-state index contributed by atoms with van der Waals surface area (Å²) in [5, 5.41) is 2.44. The molecular weight excluding hydrogens is 281 g/mol. The summed E-state index contributed by atoms with van der Waals surface area (Å²) in [6.07, 6.45) is -4.45. The molecule has 6 heteroatoms. The molecule has 0 aromatic heterocycles. The van der Waals surface area contributed by atoms with Gasteiger partial charge in [0.25, 0.3) is 5.91 Å². The summed E-state index contributed by atoms with van der Waals surface area (Å²) in [7, 11) is 0. The molecule has 2 aromatic carbocycles. The van der Waals surface area contributed by atoms with Gasteiger partial charge in [-0.3, -0.25) is 4.79 Å². The fourth-order valence-electron chi connectivity index (χ4n) is 1.87. The van der Waals surface area contributed by atoms with Crippen LogP contribution in [0.25, 0.3) is 0 Å². The van der Waals surface area contributed by atoms with Crippen molar-refractivity contribution in [2.75, 3.05) is 11.1 Å². The van der Waals surface area contributed by atoms with E-state index in [1.807, 2.05) is 0 Å². The van der Waals surface area contributed by atoms with Gasteiger partial charge in [-0.25, -0.2) is 0 Å². The monoisotopic (exact) mass is 294 g/mol. The molecule has 0 spiro atoms. The number of anilines is 2. The number of halogens is 3. The summed E-state index contributed by atoms with van der Waals surface area (Å²) in [6.45, 7) is 1.68. The Bertz CT molecular complexity index is 681. The lowest BCUT2D eigenvalue weighted by molar-refractivity contribution is -0.137. The lowest BCUT2D eigenvalue weighted by Gasteiger charge is -2.11. The molecule has 0 unspecified atom stereocenters. The van der Waals surface area contributed by atoms with E-state index in [-0.39, 0.29) is 5.69 Å². The topological polar surface area (TPSA) is 55.1 Å². The van der Waals surface area contributed by atoms with Crippen molar-refractivity contribution in [3.8, 4) is 0 Å². The summed E-state index contributed by atoms with van der Waals surface area (Å²) in [5.41, 5.74) is 6.33. The zero-order valence-electron chi connectivity index (χ0n) is 11.2. The predicted molar refractivity (Wildman–Crippen MR) is 75.0 cm³/mol. The maximum atomic E-state index is 12.6. The molecule has 0 saturated heterocycles. The minimum Gasteiger partial charge on any atom is -0.398 e. The van der Waals surface area contributed by atoms with Crippen LogP contribution >= 0.6 is 0 Å². The first-order valence-electron chi connectivity index (χ1n) is 6.13. The number of amides is 1. The van der Waals surface area contributed by atoms with E-state index in [1.165, 1.54) is 12.1 Å². The van der Waals surface area contributed by atoms with Crippen LogP contribution in [0.15, 0.2) is 42.5 Å². The molecule has 0 aliphatic carbocycles. The van der Waals surface area contributed by atoms with Crippen LogP contribution in [0.5, 0.6) is 0 Å². The average molecular weight is 294 g/mol. The first kappa shape index (κ1) is 14.9. The van der Waals surface area contributed by atoms with Gasteiger partial charge in [-0.15, -0.1) is 0 Å². The molecular formula is C15H13F3N2O. The van der Waals surface area contributed by atoms with Crippen LogP contribution in [-0.4, -0.2) is 5.91 Å². The molecule has 110 valence electrons. The summed E-state index contributed by atoms with van der Waals surface area (Å²) >= 11 is 0. The van der Waals surface area contributed by atoms with Gasteiger partial charge in [-0.2, -0.15) is 13.2 Å². The van der Waals surface area contributed by atoms with Gasteiger partial charge in [0.2, 0.25) is 0 Å². The van der Waals surface area contributed by atoms with E-state index in [9.17, 15) is 18.0 Å². The summed E-state index contributed by atoms with van der Waals surface area (Å²) in [5.74, 6) is -0.501. The zero-order valence-corrected chi connectivity index (χ0v) is 11.2. The van der Waals surface area contributed by atoms with Crippen molar-refractivity contribution < 1.29 is 18.0 Å². The maximum absolute atomic E-state index is 12.6. The molecule has 0 saturated carbocycles. The highest BCUT2D eigenvalue weighted by molar-refractivity contribution is 6.06. The number of alkyl halides is 3. The largest absolute Gasteiger partial charge is 0.416 e. The first-order valence-corrected chi connectivity index (χ1v) is 6.13. The average Bonchev–Trinajstić information content (AvgIpc) is 2.41. The Morgan fingerprint density at radius 3 is 2.48 bits per heavy atom. The molecule has 2 rings (SSSR count). The highest BCUT2D eigenvalue weighted by Gasteiger charge is 2.30. The second kappa shape index (κ2) is 5.47. The van der Waals surface area contributed by atoms with Crippen LogP contribution in [0.2, 0.25) is 0 Å². The van der Waals surface area contributed by atoms with Crippen molar-refractivity contribution in [2.45, 2.75) is 13.1 Å². The van der Waals surface area contributed by atoms with Gasteiger partial charge in [0.1, 0.15) is 0 Å². The molecule has 0 radical (unpaired) electrons. The molecule has 0 fully saturated rings. The van der Waals surface area contributed by atoms with E-state index < -0.39 is 17.6 Å². The minimum absolute atomic E-state index is 0.0802. The normalized spacial score (nSPS) is 11.2. The summed E-state index contributed by atoms with van der Waals surface area (Å²) < 4.78 is 37.8. The second-order valence-electron chi connectivity index (χ2n) is 4.55. The van der Waals surface area contributed by atoms with Crippen LogP contribution in [0.1, 0.15) is 21.5 Å². The number of nitrogen functional groups attached to an aromatic ring is 1. The second-order valence-corrected chi connectivity index (χ2v) is 4.55. The molecule has 2 aromatic rings. The number of carbonyl (C=O) groups is 1. The van der Waals surface area contributed by atoms with Crippen LogP contribution in [-0.2, 0) is 6.18 Å². The van der Waals surface area contributed by atoms with Crippen molar-refractivity contribution in [3.05, 3.63) is 59.2 Å².